The second-order valence-electron chi connectivity index (χ2n) is 3.05. The maximum absolute atomic E-state index is 8.70. The summed E-state index contributed by atoms with van der Waals surface area (Å²) in [5.74, 6) is 0. The van der Waals surface area contributed by atoms with Crippen molar-refractivity contribution in [2.24, 2.45) is 0 Å². The molecule has 0 radical (unpaired) electrons. The van der Waals surface area contributed by atoms with Gasteiger partial charge in [-0.05, 0) is 25.8 Å². The number of ether oxygens (including phenoxy) is 1. The van der Waals surface area contributed by atoms with Crippen molar-refractivity contribution >= 4 is 0 Å². The number of aliphatic hydroxyl groups excluding tert-OH is 1. The molecular formula is C8H17NO2. The van der Waals surface area contributed by atoms with E-state index in [-0.39, 0.29) is 6.61 Å². The standard InChI is InChI=1S/C8H17NO2/c1-11-8-2-4-9-7(6-8)3-5-10/h7-10H,2-6H2,1H3. The first-order valence-electron chi connectivity index (χ1n) is 4.24. The molecule has 0 aliphatic carbocycles. The van der Waals surface area contributed by atoms with E-state index in [0.29, 0.717) is 12.1 Å². The van der Waals surface area contributed by atoms with Gasteiger partial charge >= 0.3 is 0 Å². The molecule has 1 aliphatic heterocycles. The average molecular weight is 159 g/mol. The van der Waals surface area contributed by atoms with Gasteiger partial charge in [0.25, 0.3) is 0 Å². The van der Waals surface area contributed by atoms with Crippen LogP contribution in [0.1, 0.15) is 19.3 Å². The van der Waals surface area contributed by atoms with Crippen LogP contribution >= 0.6 is 0 Å². The molecule has 0 bridgehead atoms. The van der Waals surface area contributed by atoms with E-state index >= 15 is 0 Å². The van der Waals surface area contributed by atoms with E-state index in [2.05, 4.69) is 5.32 Å². The van der Waals surface area contributed by atoms with Gasteiger partial charge in [-0.1, -0.05) is 0 Å². The van der Waals surface area contributed by atoms with Gasteiger partial charge in [0.2, 0.25) is 0 Å². The number of hydrogen-bond donors (Lipinski definition) is 2. The largest absolute Gasteiger partial charge is 0.396 e. The Labute approximate surface area is 67.7 Å². The summed E-state index contributed by atoms with van der Waals surface area (Å²) in [6.45, 7) is 1.29. The zero-order chi connectivity index (χ0) is 8.10. The van der Waals surface area contributed by atoms with Crippen molar-refractivity contribution in [1.82, 2.24) is 5.32 Å². The Kier molecular flexibility index (Phi) is 3.83. The van der Waals surface area contributed by atoms with E-state index in [4.69, 9.17) is 9.84 Å². The summed E-state index contributed by atoms with van der Waals surface area (Å²) in [5.41, 5.74) is 0. The fourth-order valence-corrected chi connectivity index (χ4v) is 1.56. The third kappa shape index (κ3) is 2.77. The third-order valence-electron chi connectivity index (χ3n) is 2.26. The van der Waals surface area contributed by atoms with E-state index in [1.165, 1.54) is 0 Å². The number of methoxy groups -OCH3 is 1. The molecule has 3 heteroatoms. The van der Waals surface area contributed by atoms with E-state index < -0.39 is 0 Å². The summed E-state index contributed by atoms with van der Waals surface area (Å²) in [5, 5.41) is 12.0. The van der Waals surface area contributed by atoms with E-state index in [9.17, 15) is 0 Å². The van der Waals surface area contributed by atoms with E-state index in [0.717, 1.165) is 25.8 Å². The Balaban J connectivity index is 2.21. The third-order valence-corrected chi connectivity index (χ3v) is 2.26. The fraction of sp³-hybridized carbons (Fsp3) is 1.00. The maximum atomic E-state index is 8.70. The van der Waals surface area contributed by atoms with Gasteiger partial charge in [-0.3, -0.25) is 0 Å². The Morgan fingerprint density at radius 2 is 2.45 bits per heavy atom. The van der Waals surface area contributed by atoms with Crippen molar-refractivity contribution < 1.29 is 9.84 Å². The van der Waals surface area contributed by atoms with Crippen LogP contribution in [-0.4, -0.2) is 37.5 Å². The Bertz CT molecular complexity index is 106. The van der Waals surface area contributed by atoms with Crippen molar-refractivity contribution in [3.63, 3.8) is 0 Å². The molecule has 2 unspecified atom stereocenters. The first-order chi connectivity index (χ1) is 5.36. The number of rotatable bonds is 3. The van der Waals surface area contributed by atoms with Crippen molar-refractivity contribution in [3.05, 3.63) is 0 Å². The molecule has 66 valence electrons. The van der Waals surface area contributed by atoms with Gasteiger partial charge in [0.15, 0.2) is 0 Å². The minimum absolute atomic E-state index is 0.272. The number of aliphatic hydroxyl groups is 1. The normalized spacial score (nSPS) is 32.2. The summed E-state index contributed by atoms with van der Waals surface area (Å²) in [6, 6.07) is 0.457. The predicted molar refractivity (Wildman–Crippen MR) is 43.5 cm³/mol. The second kappa shape index (κ2) is 4.70. The molecule has 0 aromatic carbocycles. The molecule has 1 aliphatic rings. The molecule has 1 fully saturated rings. The highest BCUT2D eigenvalue weighted by Gasteiger charge is 2.19. The van der Waals surface area contributed by atoms with Crippen LogP contribution in [0.5, 0.6) is 0 Å². The van der Waals surface area contributed by atoms with E-state index in [1.807, 2.05) is 0 Å². The second-order valence-corrected chi connectivity index (χ2v) is 3.05. The molecule has 0 aromatic heterocycles. The van der Waals surface area contributed by atoms with Gasteiger partial charge in [-0.2, -0.15) is 0 Å². The van der Waals surface area contributed by atoms with Crippen LogP contribution in [0.4, 0.5) is 0 Å². The van der Waals surface area contributed by atoms with Crippen LogP contribution < -0.4 is 5.32 Å². The Morgan fingerprint density at radius 1 is 1.64 bits per heavy atom. The maximum Gasteiger partial charge on any atom is 0.0598 e. The molecule has 0 amide bonds. The van der Waals surface area contributed by atoms with E-state index in [1.54, 1.807) is 7.11 Å². The Hall–Kier alpha value is -0.120. The van der Waals surface area contributed by atoms with Gasteiger partial charge in [0.1, 0.15) is 0 Å². The van der Waals surface area contributed by atoms with Crippen molar-refractivity contribution in [3.8, 4) is 0 Å². The van der Waals surface area contributed by atoms with Crippen LogP contribution in [-0.2, 0) is 4.74 Å². The zero-order valence-corrected chi connectivity index (χ0v) is 7.05. The highest BCUT2D eigenvalue weighted by atomic mass is 16.5. The minimum atomic E-state index is 0.272. The van der Waals surface area contributed by atoms with Crippen molar-refractivity contribution in [2.75, 3.05) is 20.3 Å². The molecule has 0 aromatic rings. The lowest BCUT2D eigenvalue weighted by molar-refractivity contribution is 0.0578. The molecular weight excluding hydrogens is 142 g/mol. The Morgan fingerprint density at radius 3 is 3.09 bits per heavy atom. The molecule has 0 saturated carbocycles. The summed E-state index contributed by atoms with van der Waals surface area (Å²) < 4.78 is 5.25. The van der Waals surface area contributed by atoms with Crippen LogP contribution in [0.2, 0.25) is 0 Å². The van der Waals surface area contributed by atoms with Crippen molar-refractivity contribution in [2.45, 2.75) is 31.4 Å². The molecule has 11 heavy (non-hydrogen) atoms. The summed E-state index contributed by atoms with van der Waals surface area (Å²) in [6.07, 6.45) is 3.38. The van der Waals surface area contributed by atoms with Gasteiger partial charge in [-0.15, -0.1) is 0 Å². The average Bonchev–Trinajstić information content (AvgIpc) is 2.06. The SMILES string of the molecule is COC1CCNC(CCO)C1. The lowest BCUT2D eigenvalue weighted by Crippen LogP contribution is -2.41. The number of piperidine rings is 1. The first-order valence-corrected chi connectivity index (χ1v) is 4.24. The molecule has 2 N–H and O–H groups in total. The highest BCUT2D eigenvalue weighted by Crippen LogP contribution is 2.13. The molecule has 1 saturated heterocycles. The fourth-order valence-electron chi connectivity index (χ4n) is 1.56. The zero-order valence-electron chi connectivity index (χ0n) is 7.05. The molecule has 1 rings (SSSR count). The van der Waals surface area contributed by atoms with Crippen molar-refractivity contribution in [1.29, 1.82) is 0 Å². The summed E-state index contributed by atoms with van der Waals surface area (Å²) in [4.78, 5) is 0. The smallest absolute Gasteiger partial charge is 0.0598 e. The van der Waals surface area contributed by atoms with Crippen LogP contribution in [0.3, 0.4) is 0 Å². The van der Waals surface area contributed by atoms with Crippen LogP contribution in [0, 0.1) is 0 Å². The predicted octanol–water partition coefficient (Wildman–Crippen LogP) is 0.136. The minimum Gasteiger partial charge on any atom is -0.396 e. The highest BCUT2D eigenvalue weighted by molar-refractivity contribution is 4.78. The molecule has 0 spiro atoms. The topological polar surface area (TPSA) is 41.5 Å². The molecule has 1 heterocycles. The summed E-state index contributed by atoms with van der Waals surface area (Å²) in [7, 11) is 1.76. The van der Waals surface area contributed by atoms with Gasteiger partial charge in [0, 0.05) is 19.8 Å². The first kappa shape index (κ1) is 8.97. The number of hydrogen-bond acceptors (Lipinski definition) is 3. The van der Waals surface area contributed by atoms with Gasteiger partial charge in [0.05, 0.1) is 6.10 Å². The van der Waals surface area contributed by atoms with Crippen LogP contribution in [0.25, 0.3) is 0 Å². The lowest BCUT2D eigenvalue weighted by atomic mass is 10.00. The van der Waals surface area contributed by atoms with Gasteiger partial charge in [-0.25, -0.2) is 0 Å². The lowest BCUT2D eigenvalue weighted by Gasteiger charge is -2.28. The molecule has 2 atom stereocenters. The summed E-state index contributed by atoms with van der Waals surface area (Å²) >= 11 is 0. The monoisotopic (exact) mass is 159 g/mol. The van der Waals surface area contributed by atoms with Gasteiger partial charge < -0.3 is 15.2 Å². The van der Waals surface area contributed by atoms with Crippen LogP contribution in [0.15, 0.2) is 0 Å². The molecule has 3 nitrogen and oxygen atoms in total. The number of nitrogens with one attached hydrogen (secondary N) is 1. The quantitative estimate of drug-likeness (QED) is 0.615.